The van der Waals surface area contributed by atoms with Crippen molar-refractivity contribution in [2.45, 2.75) is 58.1 Å². The predicted octanol–water partition coefficient (Wildman–Crippen LogP) is 5.08. The molecular formula is C21H27BO4S. The van der Waals surface area contributed by atoms with Gasteiger partial charge in [-0.2, -0.15) is 0 Å². The molecule has 0 radical (unpaired) electrons. The molecule has 1 aliphatic rings. The number of esters is 1. The number of rotatable bonds is 6. The number of hydrogen-bond donors (Lipinski definition) is 0. The van der Waals surface area contributed by atoms with Crippen molar-refractivity contribution in [3.63, 3.8) is 0 Å². The van der Waals surface area contributed by atoms with E-state index in [9.17, 15) is 4.79 Å². The highest BCUT2D eigenvalue weighted by atomic mass is 32.1. The molecule has 0 bridgehead atoms. The Morgan fingerprint density at radius 1 is 1.11 bits per heavy atom. The Hall–Kier alpha value is -1.63. The highest BCUT2D eigenvalue weighted by molar-refractivity contribution is 7.10. The molecule has 1 aromatic heterocycles. The van der Waals surface area contributed by atoms with E-state index in [1.54, 1.807) is 11.3 Å². The van der Waals surface area contributed by atoms with Gasteiger partial charge in [0.1, 0.15) is 0 Å². The SMILES string of the molecule is CCOC(=O)CC(B1OC(C)(C)C(C)(C)O1)c1cc(-c2ccccc2)cs1. The van der Waals surface area contributed by atoms with Crippen LogP contribution in [0.2, 0.25) is 0 Å². The molecule has 4 nitrogen and oxygen atoms in total. The molecule has 27 heavy (non-hydrogen) atoms. The minimum Gasteiger partial charge on any atom is -0.466 e. The summed E-state index contributed by atoms with van der Waals surface area (Å²) in [6.45, 7) is 10.3. The summed E-state index contributed by atoms with van der Waals surface area (Å²) in [7, 11) is -0.485. The molecule has 0 amide bonds. The van der Waals surface area contributed by atoms with Crippen molar-refractivity contribution in [1.82, 2.24) is 0 Å². The van der Waals surface area contributed by atoms with Gasteiger partial charge in [0.05, 0.1) is 24.2 Å². The topological polar surface area (TPSA) is 44.8 Å². The molecule has 6 heteroatoms. The van der Waals surface area contributed by atoms with Gasteiger partial charge in [0.2, 0.25) is 0 Å². The average Bonchev–Trinajstić information content (AvgIpc) is 3.16. The monoisotopic (exact) mass is 386 g/mol. The summed E-state index contributed by atoms with van der Waals surface area (Å²) < 4.78 is 17.7. The third-order valence-electron chi connectivity index (χ3n) is 5.38. The van der Waals surface area contributed by atoms with Gasteiger partial charge in [0.25, 0.3) is 0 Å². The van der Waals surface area contributed by atoms with Gasteiger partial charge in [0, 0.05) is 10.7 Å². The van der Waals surface area contributed by atoms with Crippen LogP contribution in [0.15, 0.2) is 41.8 Å². The molecule has 144 valence electrons. The fourth-order valence-electron chi connectivity index (χ4n) is 3.11. The second-order valence-electron chi connectivity index (χ2n) is 7.84. The van der Waals surface area contributed by atoms with Crippen molar-refractivity contribution in [1.29, 1.82) is 0 Å². The van der Waals surface area contributed by atoms with E-state index >= 15 is 0 Å². The Bertz CT molecular complexity index is 768. The van der Waals surface area contributed by atoms with Crippen LogP contribution in [0.5, 0.6) is 0 Å². The minimum absolute atomic E-state index is 0.201. The van der Waals surface area contributed by atoms with Crippen LogP contribution < -0.4 is 0 Å². The predicted molar refractivity (Wildman–Crippen MR) is 110 cm³/mol. The molecule has 1 atom stereocenters. The van der Waals surface area contributed by atoms with Crippen LogP contribution in [0.25, 0.3) is 11.1 Å². The molecule has 1 saturated heterocycles. The number of ether oxygens (including phenoxy) is 1. The summed E-state index contributed by atoms with van der Waals surface area (Å²) in [5.41, 5.74) is 1.42. The molecule has 1 aromatic carbocycles. The Morgan fingerprint density at radius 3 is 2.33 bits per heavy atom. The first-order valence-electron chi connectivity index (χ1n) is 9.38. The molecule has 1 aliphatic heterocycles. The molecule has 1 unspecified atom stereocenters. The Balaban J connectivity index is 1.89. The first kappa shape index (κ1) is 20.1. The van der Waals surface area contributed by atoms with E-state index in [-0.39, 0.29) is 18.2 Å². The van der Waals surface area contributed by atoms with Gasteiger partial charge in [-0.1, -0.05) is 30.3 Å². The van der Waals surface area contributed by atoms with Gasteiger partial charge >= 0.3 is 13.1 Å². The lowest BCUT2D eigenvalue weighted by molar-refractivity contribution is -0.143. The van der Waals surface area contributed by atoms with Crippen molar-refractivity contribution in [2.75, 3.05) is 6.61 Å². The summed E-state index contributed by atoms with van der Waals surface area (Å²) >= 11 is 1.63. The number of benzene rings is 1. The highest BCUT2D eigenvalue weighted by Gasteiger charge is 2.54. The van der Waals surface area contributed by atoms with E-state index in [0.717, 1.165) is 16.0 Å². The van der Waals surface area contributed by atoms with Crippen LogP contribution in [-0.4, -0.2) is 30.9 Å². The smallest absolute Gasteiger partial charge is 0.466 e. The molecule has 1 fully saturated rings. The van der Waals surface area contributed by atoms with E-state index in [0.29, 0.717) is 6.61 Å². The van der Waals surface area contributed by atoms with Gasteiger partial charge in [-0.05, 0) is 57.2 Å². The lowest BCUT2D eigenvalue weighted by Crippen LogP contribution is -2.41. The maximum atomic E-state index is 12.3. The Morgan fingerprint density at radius 2 is 1.74 bits per heavy atom. The molecule has 2 aromatic rings. The van der Waals surface area contributed by atoms with Crippen molar-refractivity contribution in [3.05, 3.63) is 46.7 Å². The van der Waals surface area contributed by atoms with Crippen molar-refractivity contribution >= 4 is 24.4 Å². The molecule has 0 N–H and O–H groups in total. The first-order valence-corrected chi connectivity index (χ1v) is 10.3. The fourth-order valence-corrected chi connectivity index (χ4v) is 4.14. The number of thiophene rings is 1. The zero-order chi connectivity index (χ0) is 19.7. The fraction of sp³-hybridized carbons (Fsp3) is 0.476. The number of carbonyl (C=O) groups is 1. The summed E-state index contributed by atoms with van der Waals surface area (Å²) in [5.74, 6) is -0.431. The third-order valence-corrected chi connectivity index (χ3v) is 6.45. The minimum atomic E-state index is -0.485. The van der Waals surface area contributed by atoms with E-state index < -0.39 is 18.3 Å². The first-order chi connectivity index (χ1) is 12.7. The van der Waals surface area contributed by atoms with E-state index in [4.69, 9.17) is 14.0 Å². The largest absolute Gasteiger partial charge is 0.467 e. The summed E-state index contributed by atoms with van der Waals surface area (Å²) in [5, 5.41) is 2.12. The second kappa shape index (κ2) is 7.78. The number of hydrogen-bond acceptors (Lipinski definition) is 5. The van der Waals surface area contributed by atoms with Crippen molar-refractivity contribution in [2.24, 2.45) is 0 Å². The van der Waals surface area contributed by atoms with Crippen LogP contribution in [-0.2, 0) is 18.8 Å². The highest BCUT2D eigenvalue weighted by Crippen LogP contribution is 2.43. The quantitative estimate of drug-likeness (QED) is 0.513. The van der Waals surface area contributed by atoms with Crippen LogP contribution >= 0.6 is 11.3 Å². The maximum absolute atomic E-state index is 12.3. The lowest BCUT2D eigenvalue weighted by atomic mass is 9.69. The molecule has 0 spiro atoms. The lowest BCUT2D eigenvalue weighted by Gasteiger charge is -2.32. The maximum Gasteiger partial charge on any atom is 0.467 e. The van der Waals surface area contributed by atoms with Gasteiger partial charge < -0.3 is 14.0 Å². The average molecular weight is 386 g/mol. The summed E-state index contributed by atoms with van der Waals surface area (Å²) in [4.78, 5) is 13.3. The standard InChI is InChI=1S/C21H27BO4S/c1-6-24-19(23)13-17(22-25-20(2,3)21(4,5)26-22)18-12-16(14-27-18)15-10-8-7-9-11-15/h7-12,14,17H,6,13H2,1-5H3. The Labute approximate surface area is 166 Å². The summed E-state index contributed by atoms with van der Waals surface area (Å²) in [6.07, 6.45) is 0.236. The molecule has 0 saturated carbocycles. The van der Waals surface area contributed by atoms with Gasteiger partial charge in [-0.25, -0.2) is 0 Å². The van der Waals surface area contributed by atoms with E-state index in [1.165, 1.54) is 0 Å². The van der Waals surface area contributed by atoms with Crippen molar-refractivity contribution in [3.8, 4) is 11.1 Å². The van der Waals surface area contributed by atoms with Gasteiger partial charge in [-0.15, -0.1) is 11.3 Å². The third kappa shape index (κ3) is 4.28. The van der Waals surface area contributed by atoms with Crippen LogP contribution in [0.1, 0.15) is 51.7 Å². The molecular weight excluding hydrogens is 359 g/mol. The van der Waals surface area contributed by atoms with Crippen LogP contribution in [0.4, 0.5) is 0 Å². The second-order valence-corrected chi connectivity index (χ2v) is 8.79. The van der Waals surface area contributed by atoms with E-state index in [2.05, 4.69) is 23.6 Å². The van der Waals surface area contributed by atoms with E-state index in [1.807, 2.05) is 52.8 Å². The van der Waals surface area contributed by atoms with Crippen LogP contribution in [0, 0.1) is 0 Å². The van der Waals surface area contributed by atoms with Crippen molar-refractivity contribution < 1.29 is 18.8 Å². The normalized spacial score (nSPS) is 19.1. The van der Waals surface area contributed by atoms with Gasteiger partial charge in [-0.3, -0.25) is 4.79 Å². The number of carbonyl (C=O) groups excluding carboxylic acids is 1. The zero-order valence-corrected chi connectivity index (χ0v) is 17.5. The zero-order valence-electron chi connectivity index (χ0n) is 16.7. The molecule has 0 aliphatic carbocycles. The Kier molecular flexibility index (Phi) is 5.80. The molecule has 3 rings (SSSR count). The molecule has 2 heterocycles. The van der Waals surface area contributed by atoms with Crippen LogP contribution in [0.3, 0.4) is 0 Å². The van der Waals surface area contributed by atoms with Gasteiger partial charge in [0.15, 0.2) is 0 Å². The summed E-state index contributed by atoms with van der Waals surface area (Å²) in [6, 6.07) is 12.4.